The Labute approximate surface area is 330 Å². The summed E-state index contributed by atoms with van der Waals surface area (Å²) in [6.07, 6.45) is 12.1. The fourth-order valence-corrected chi connectivity index (χ4v) is 9.65. The van der Waals surface area contributed by atoms with Gasteiger partial charge in [0.2, 0.25) is 0 Å². The van der Waals surface area contributed by atoms with Crippen molar-refractivity contribution in [2.24, 2.45) is 9.98 Å². The summed E-state index contributed by atoms with van der Waals surface area (Å²) in [5.74, 6) is 1.97. The average Bonchev–Trinajstić information content (AvgIpc) is 3.83. The van der Waals surface area contributed by atoms with E-state index in [2.05, 4.69) is 163 Å². The summed E-state index contributed by atoms with van der Waals surface area (Å²) in [5.41, 5.74) is 16.4. The summed E-state index contributed by atoms with van der Waals surface area (Å²) in [6, 6.07) is 52.3. The van der Waals surface area contributed by atoms with Crippen molar-refractivity contribution in [3.05, 3.63) is 203 Å². The first kappa shape index (κ1) is 32.2. The zero-order valence-electron chi connectivity index (χ0n) is 31.2. The number of furan rings is 1. The third-order valence-electron chi connectivity index (χ3n) is 12.3. The van der Waals surface area contributed by atoms with Gasteiger partial charge >= 0.3 is 0 Å². The molecule has 8 aromatic rings. The van der Waals surface area contributed by atoms with Gasteiger partial charge in [0.25, 0.3) is 0 Å². The molecule has 12 rings (SSSR count). The van der Waals surface area contributed by atoms with E-state index in [0.717, 1.165) is 75.1 Å². The highest BCUT2D eigenvalue weighted by molar-refractivity contribution is 6.22. The normalized spacial score (nSPS) is 18.1. The molecule has 0 bridgehead atoms. The van der Waals surface area contributed by atoms with E-state index in [0.29, 0.717) is 5.92 Å². The number of allylic oxidation sites excluding steroid dienone is 6. The van der Waals surface area contributed by atoms with Crippen molar-refractivity contribution in [1.29, 1.82) is 0 Å². The second kappa shape index (κ2) is 12.8. The maximum Gasteiger partial charge on any atom is 0.169 e. The highest BCUT2D eigenvalue weighted by Crippen LogP contribution is 2.51. The van der Waals surface area contributed by atoms with Gasteiger partial charge in [0.05, 0.1) is 0 Å². The molecular weight excluding hydrogens is 695 g/mol. The Hall–Kier alpha value is -7.04. The van der Waals surface area contributed by atoms with E-state index < -0.39 is 6.17 Å². The van der Waals surface area contributed by atoms with Crippen molar-refractivity contribution >= 4 is 44.4 Å². The van der Waals surface area contributed by atoms with Crippen molar-refractivity contribution in [1.82, 2.24) is 5.32 Å². The topological polar surface area (TPSA) is 49.9 Å². The Morgan fingerprint density at radius 1 is 0.509 bits per heavy atom. The van der Waals surface area contributed by atoms with E-state index >= 15 is 0 Å². The van der Waals surface area contributed by atoms with Crippen LogP contribution in [0.1, 0.15) is 53.6 Å². The molecule has 3 aliphatic carbocycles. The fraction of sp³-hybridized carbons (Fsp3) is 0.0943. The highest BCUT2D eigenvalue weighted by atomic mass is 16.3. The molecule has 1 aromatic heterocycles. The molecule has 1 aliphatic heterocycles. The third kappa shape index (κ3) is 5.14. The number of amidine groups is 2. The molecule has 0 radical (unpaired) electrons. The van der Waals surface area contributed by atoms with Gasteiger partial charge in [-0.3, -0.25) is 0 Å². The van der Waals surface area contributed by atoms with E-state index in [9.17, 15) is 0 Å². The van der Waals surface area contributed by atoms with Crippen molar-refractivity contribution in [2.45, 2.75) is 31.3 Å². The second-order valence-corrected chi connectivity index (χ2v) is 15.5. The van der Waals surface area contributed by atoms with Crippen molar-refractivity contribution < 1.29 is 4.42 Å². The number of para-hydroxylation sites is 1. The lowest BCUT2D eigenvalue weighted by Gasteiger charge is -2.26. The largest absolute Gasteiger partial charge is 0.456 e. The summed E-state index contributed by atoms with van der Waals surface area (Å²) in [4.78, 5) is 10.7. The maximum atomic E-state index is 6.67. The number of hydrogen-bond acceptors (Lipinski definition) is 4. The van der Waals surface area contributed by atoms with E-state index in [1.807, 2.05) is 12.1 Å². The van der Waals surface area contributed by atoms with E-state index in [1.165, 1.54) is 55.3 Å². The second-order valence-electron chi connectivity index (χ2n) is 15.5. The molecular formula is C53H37N3O. The molecule has 4 nitrogen and oxygen atoms in total. The summed E-state index contributed by atoms with van der Waals surface area (Å²) in [5, 5.41) is 8.37. The van der Waals surface area contributed by atoms with Gasteiger partial charge in [-0.15, -0.1) is 0 Å². The Kier molecular flexibility index (Phi) is 7.21. The Bertz CT molecular complexity index is 3090. The van der Waals surface area contributed by atoms with Gasteiger partial charge in [-0.2, -0.15) is 0 Å². The smallest absolute Gasteiger partial charge is 0.169 e. The van der Waals surface area contributed by atoms with Crippen LogP contribution >= 0.6 is 0 Å². The summed E-state index contributed by atoms with van der Waals surface area (Å²) < 4.78 is 6.67. The number of nitrogens with one attached hydrogen (secondary N) is 1. The minimum absolute atomic E-state index is 0.375. The third-order valence-corrected chi connectivity index (χ3v) is 12.3. The molecule has 1 N–H and O–H groups in total. The number of nitrogens with zero attached hydrogens (tertiary/aromatic N) is 2. The molecule has 0 spiro atoms. The number of aliphatic imine (C=N–C) groups is 2. The van der Waals surface area contributed by atoms with Gasteiger partial charge < -0.3 is 9.73 Å². The van der Waals surface area contributed by atoms with Gasteiger partial charge in [-0.05, 0) is 98.3 Å². The van der Waals surface area contributed by atoms with Crippen molar-refractivity contribution in [2.75, 3.05) is 0 Å². The SMILES string of the molecule is C1=CC2=C(C=CCC2c2ccc(C3=NC(c4cc(-c5ccc6c7c(cccc57)-c5ccccc5-6)c5c(c4)oc4ccccc45)N=C(c4ccccc4)N3)cc2)CC1. The highest BCUT2D eigenvalue weighted by Gasteiger charge is 2.27. The minimum Gasteiger partial charge on any atom is -0.456 e. The molecule has 2 atom stereocenters. The van der Waals surface area contributed by atoms with Crippen LogP contribution in [0.3, 0.4) is 0 Å². The van der Waals surface area contributed by atoms with Gasteiger partial charge in [0, 0.05) is 33.4 Å². The molecule has 4 heteroatoms. The zero-order valence-corrected chi connectivity index (χ0v) is 31.2. The minimum atomic E-state index is -0.503. The van der Waals surface area contributed by atoms with Crippen LogP contribution in [-0.2, 0) is 0 Å². The van der Waals surface area contributed by atoms with Gasteiger partial charge in [0.15, 0.2) is 6.17 Å². The first-order valence-electron chi connectivity index (χ1n) is 20.0. The van der Waals surface area contributed by atoms with E-state index in [1.54, 1.807) is 0 Å². The molecule has 0 amide bonds. The van der Waals surface area contributed by atoms with E-state index in [-0.39, 0.29) is 0 Å². The standard InChI is InChI=1S/C53H37N3O/c1-2-13-34(14-3-1)51-54-52(35-26-24-33(25-27-35)38-20-10-15-32-12-4-5-16-37(32)38)56-53(55-51)36-30-46(50-45-19-8-9-23-47(45)57-48(50)31-36)41-28-29-44-40-18-7-6-17-39(40)42-21-11-22-43(41)49(42)44/h1-3,5-11,13-19,21-31,38,53H,4,12,20H2,(H,54,55,56). The van der Waals surface area contributed by atoms with Crippen LogP contribution in [0, 0.1) is 0 Å². The van der Waals surface area contributed by atoms with Crippen LogP contribution in [0.5, 0.6) is 0 Å². The van der Waals surface area contributed by atoms with Crippen LogP contribution in [-0.4, -0.2) is 11.7 Å². The molecule has 0 saturated carbocycles. The number of hydrogen-bond donors (Lipinski definition) is 1. The van der Waals surface area contributed by atoms with Crippen LogP contribution in [0.2, 0.25) is 0 Å². The summed E-state index contributed by atoms with van der Waals surface area (Å²) in [6.45, 7) is 0. The summed E-state index contributed by atoms with van der Waals surface area (Å²) >= 11 is 0. The number of rotatable bonds is 5. The predicted octanol–water partition coefficient (Wildman–Crippen LogP) is 13.2. The molecule has 0 saturated heterocycles. The predicted molar refractivity (Wildman–Crippen MR) is 235 cm³/mol. The van der Waals surface area contributed by atoms with Crippen LogP contribution in [0.4, 0.5) is 0 Å². The van der Waals surface area contributed by atoms with Crippen LogP contribution in [0.25, 0.3) is 66.1 Å². The first-order valence-corrected chi connectivity index (χ1v) is 20.0. The molecule has 2 heterocycles. The first-order chi connectivity index (χ1) is 28.2. The molecule has 57 heavy (non-hydrogen) atoms. The van der Waals surface area contributed by atoms with Crippen molar-refractivity contribution in [3.63, 3.8) is 0 Å². The molecule has 2 unspecified atom stereocenters. The lowest BCUT2D eigenvalue weighted by atomic mass is 9.79. The number of benzene rings is 7. The van der Waals surface area contributed by atoms with E-state index in [4.69, 9.17) is 14.4 Å². The van der Waals surface area contributed by atoms with Crippen molar-refractivity contribution in [3.8, 4) is 33.4 Å². The monoisotopic (exact) mass is 731 g/mol. The molecule has 270 valence electrons. The quantitative estimate of drug-likeness (QED) is 0.192. The maximum absolute atomic E-state index is 6.67. The lowest BCUT2D eigenvalue weighted by molar-refractivity contribution is 0.665. The van der Waals surface area contributed by atoms with Crippen LogP contribution < -0.4 is 5.32 Å². The fourth-order valence-electron chi connectivity index (χ4n) is 9.65. The molecule has 0 fully saturated rings. The van der Waals surface area contributed by atoms with Gasteiger partial charge in [-0.25, -0.2) is 9.98 Å². The Balaban J connectivity index is 1.02. The zero-order chi connectivity index (χ0) is 37.5. The number of fused-ring (bicyclic) bond motifs is 6. The molecule has 7 aromatic carbocycles. The summed E-state index contributed by atoms with van der Waals surface area (Å²) in [7, 11) is 0. The van der Waals surface area contributed by atoms with Crippen LogP contribution in [0.15, 0.2) is 195 Å². The lowest BCUT2D eigenvalue weighted by Crippen LogP contribution is -2.36. The van der Waals surface area contributed by atoms with Gasteiger partial charge in [-0.1, -0.05) is 152 Å². The Morgan fingerprint density at radius 2 is 1.21 bits per heavy atom. The Morgan fingerprint density at radius 3 is 2.05 bits per heavy atom. The average molecular weight is 732 g/mol. The van der Waals surface area contributed by atoms with Gasteiger partial charge in [0.1, 0.15) is 22.8 Å². The molecule has 4 aliphatic rings.